The normalized spacial score (nSPS) is 24.6. The van der Waals surface area contributed by atoms with E-state index < -0.39 is 0 Å². The molecular formula is C16H23NO3S. The summed E-state index contributed by atoms with van der Waals surface area (Å²) in [6, 6.07) is 1.91. The molecule has 2 aliphatic rings. The first-order chi connectivity index (χ1) is 10.2. The van der Waals surface area contributed by atoms with Gasteiger partial charge in [0.2, 0.25) is 0 Å². The Morgan fingerprint density at radius 3 is 3.00 bits per heavy atom. The van der Waals surface area contributed by atoms with Gasteiger partial charge in [-0.15, -0.1) is 0 Å². The number of hydrogen-bond donors (Lipinski definition) is 0. The number of carbonyl (C=O) groups is 1. The van der Waals surface area contributed by atoms with Crippen molar-refractivity contribution < 1.29 is 14.3 Å². The molecule has 5 heteroatoms. The van der Waals surface area contributed by atoms with E-state index in [4.69, 9.17) is 9.47 Å². The number of amides is 1. The largest absolute Gasteiger partial charge is 0.385 e. The number of likely N-dealkylation sites (tertiary alicyclic amines) is 1. The number of thiophene rings is 1. The Balaban J connectivity index is 1.52. The van der Waals surface area contributed by atoms with Crippen LogP contribution in [-0.2, 0) is 9.47 Å². The average molecular weight is 309 g/mol. The highest BCUT2D eigenvalue weighted by Gasteiger charge is 2.43. The molecule has 1 atom stereocenters. The van der Waals surface area contributed by atoms with Crippen LogP contribution >= 0.6 is 11.3 Å². The Bertz CT molecular complexity index is 466. The molecule has 21 heavy (non-hydrogen) atoms. The highest BCUT2D eigenvalue weighted by atomic mass is 32.1. The fraction of sp³-hybridized carbons (Fsp3) is 0.688. The minimum absolute atomic E-state index is 0.0177. The molecular weight excluding hydrogens is 286 g/mol. The molecule has 2 saturated heterocycles. The molecule has 0 N–H and O–H groups in total. The summed E-state index contributed by atoms with van der Waals surface area (Å²) < 4.78 is 11.3. The predicted octanol–water partition coefficient (Wildman–Crippen LogP) is 2.80. The minimum Gasteiger partial charge on any atom is -0.385 e. The SMILES string of the molecule is COCC[C@H]1COC2(CCN(C(=O)c3ccsc3)CC2)C1. The number of methoxy groups -OCH3 is 1. The van der Waals surface area contributed by atoms with Gasteiger partial charge in [0.05, 0.1) is 17.8 Å². The molecule has 4 nitrogen and oxygen atoms in total. The second-order valence-corrected chi connectivity index (χ2v) is 6.93. The summed E-state index contributed by atoms with van der Waals surface area (Å²) in [4.78, 5) is 14.3. The van der Waals surface area contributed by atoms with Crippen molar-refractivity contribution in [3.8, 4) is 0 Å². The van der Waals surface area contributed by atoms with E-state index >= 15 is 0 Å². The van der Waals surface area contributed by atoms with E-state index in [0.29, 0.717) is 5.92 Å². The van der Waals surface area contributed by atoms with Gasteiger partial charge in [-0.25, -0.2) is 0 Å². The molecule has 116 valence electrons. The Morgan fingerprint density at radius 1 is 1.52 bits per heavy atom. The summed E-state index contributed by atoms with van der Waals surface area (Å²) in [6.07, 6.45) is 4.13. The Labute approximate surface area is 130 Å². The van der Waals surface area contributed by atoms with Crippen LogP contribution in [0.15, 0.2) is 16.8 Å². The molecule has 0 bridgehead atoms. The second kappa shape index (κ2) is 6.46. The summed E-state index contributed by atoms with van der Waals surface area (Å²) in [7, 11) is 1.75. The maximum absolute atomic E-state index is 12.3. The van der Waals surface area contributed by atoms with E-state index in [9.17, 15) is 4.79 Å². The van der Waals surface area contributed by atoms with E-state index in [1.54, 1.807) is 18.4 Å². The lowest BCUT2D eigenvalue weighted by Crippen LogP contribution is -2.46. The third kappa shape index (κ3) is 3.30. The van der Waals surface area contributed by atoms with Crippen LogP contribution in [0, 0.1) is 5.92 Å². The molecule has 3 heterocycles. The lowest BCUT2D eigenvalue weighted by atomic mass is 9.84. The van der Waals surface area contributed by atoms with Crippen LogP contribution in [0.5, 0.6) is 0 Å². The summed E-state index contributed by atoms with van der Waals surface area (Å²) in [5.41, 5.74) is 0.838. The third-order valence-corrected chi connectivity index (χ3v) is 5.43. The summed E-state index contributed by atoms with van der Waals surface area (Å²) >= 11 is 1.57. The van der Waals surface area contributed by atoms with Crippen molar-refractivity contribution in [3.05, 3.63) is 22.4 Å². The fourth-order valence-corrected chi connectivity index (χ4v) is 4.07. The lowest BCUT2D eigenvalue weighted by Gasteiger charge is -2.38. The van der Waals surface area contributed by atoms with Gasteiger partial charge in [-0.05, 0) is 43.0 Å². The highest BCUT2D eigenvalue weighted by molar-refractivity contribution is 7.08. The van der Waals surface area contributed by atoms with Gasteiger partial charge in [0.1, 0.15) is 0 Å². The molecule has 1 amide bonds. The van der Waals surface area contributed by atoms with Crippen LogP contribution in [-0.4, -0.2) is 49.8 Å². The van der Waals surface area contributed by atoms with Crippen LogP contribution in [0.25, 0.3) is 0 Å². The Hall–Kier alpha value is -0.910. The Kier molecular flexibility index (Phi) is 4.62. The quantitative estimate of drug-likeness (QED) is 0.858. The number of carbonyl (C=O) groups excluding carboxylic acids is 1. The van der Waals surface area contributed by atoms with E-state index in [1.165, 1.54) is 0 Å². The van der Waals surface area contributed by atoms with Gasteiger partial charge >= 0.3 is 0 Å². The number of ether oxygens (including phenoxy) is 2. The molecule has 2 fully saturated rings. The number of piperidine rings is 1. The standard InChI is InChI=1S/C16H23NO3S/c1-19-8-2-13-10-16(20-11-13)4-6-17(7-5-16)15(18)14-3-9-21-12-14/h3,9,12-13H,2,4-8,10-11H2,1H3/t13-/m1/s1. The van der Waals surface area contributed by atoms with E-state index in [0.717, 1.165) is 57.6 Å². The molecule has 3 rings (SSSR count). The zero-order valence-electron chi connectivity index (χ0n) is 12.5. The van der Waals surface area contributed by atoms with Gasteiger partial charge < -0.3 is 14.4 Å². The molecule has 1 spiro atoms. The van der Waals surface area contributed by atoms with Crippen LogP contribution < -0.4 is 0 Å². The van der Waals surface area contributed by atoms with Crippen LogP contribution in [0.3, 0.4) is 0 Å². The van der Waals surface area contributed by atoms with Crippen molar-refractivity contribution in [1.82, 2.24) is 4.90 Å². The van der Waals surface area contributed by atoms with Crippen molar-refractivity contribution in [2.24, 2.45) is 5.92 Å². The first-order valence-electron chi connectivity index (χ1n) is 7.67. The minimum atomic E-state index is 0.0177. The molecule has 2 aliphatic heterocycles. The van der Waals surface area contributed by atoms with Gasteiger partial charge in [0, 0.05) is 32.2 Å². The molecule has 0 saturated carbocycles. The van der Waals surface area contributed by atoms with Crippen molar-refractivity contribution in [1.29, 1.82) is 0 Å². The zero-order chi connectivity index (χ0) is 14.7. The summed E-state index contributed by atoms with van der Waals surface area (Å²) in [5, 5.41) is 3.89. The zero-order valence-corrected chi connectivity index (χ0v) is 13.4. The maximum Gasteiger partial charge on any atom is 0.254 e. The van der Waals surface area contributed by atoms with Gasteiger partial charge in [0.25, 0.3) is 5.91 Å². The third-order valence-electron chi connectivity index (χ3n) is 4.75. The predicted molar refractivity (Wildman–Crippen MR) is 82.7 cm³/mol. The van der Waals surface area contributed by atoms with Crippen molar-refractivity contribution >= 4 is 17.2 Å². The first kappa shape index (κ1) is 15.0. The summed E-state index contributed by atoms with van der Waals surface area (Å²) in [5.74, 6) is 0.782. The van der Waals surface area contributed by atoms with Crippen LogP contribution in [0.1, 0.15) is 36.0 Å². The van der Waals surface area contributed by atoms with Gasteiger partial charge in [-0.2, -0.15) is 11.3 Å². The Morgan fingerprint density at radius 2 is 2.33 bits per heavy atom. The summed E-state index contributed by atoms with van der Waals surface area (Å²) in [6.45, 7) is 3.28. The number of rotatable bonds is 4. The number of hydrogen-bond acceptors (Lipinski definition) is 4. The van der Waals surface area contributed by atoms with Gasteiger partial charge in [-0.3, -0.25) is 4.79 Å². The van der Waals surface area contributed by atoms with E-state index in [-0.39, 0.29) is 11.5 Å². The van der Waals surface area contributed by atoms with Gasteiger partial charge in [0.15, 0.2) is 0 Å². The van der Waals surface area contributed by atoms with Crippen molar-refractivity contribution in [2.45, 2.75) is 31.3 Å². The topological polar surface area (TPSA) is 38.8 Å². The molecule has 1 aromatic heterocycles. The second-order valence-electron chi connectivity index (χ2n) is 6.15. The van der Waals surface area contributed by atoms with Crippen LogP contribution in [0.4, 0.5) is 0 Å². The number of nitrogens with zero attached hydrogens (tertiary/aromatic N) is 1. The van der Waals surface area contributed by atoms with Crippen molar-refractivity contribution in [3.63, 3.8) is 0 Å². The maximum atomic E-state index is 12.3. The van der Waals surface area contributed by atoms with Crippen LogP contribution in [0.2, 0.25) is 0 Å². The highest BCUT2D eigenvalue weighted by Crippen LogP contribution is 2.39. The smallest absolute Gasteiger partial charge is 0.254 e. The van der Waals surface area contributed by atoms with E-state index in [2.05, 4.69) is 0 Å². The molecule has 0 aromatic carbocycles. The monoisotopic (exact) mass is 309 g/mol. The average Bonchev–Trinajstić information content (AvgIpc) is 3.16. The van der Waals surface area contributed by atoms with Crippen molar-refractivity contribution in [2.75, 3.05) is 33.4 Å². The molecule has 0 unspecified atom stereocenters. The molecule has 0 radical (unpaired) electrons. The fourth-order valence-electron chi connectivity index (χ4n) is 3.44. The lowest BCUT2D eigenvalue weighted by molar-refractivity contribution is -0.0391. The molecule has 0 aliphatic carbocycles. The van der Waals surface area contributed by atoms with Gasteiger partial charge in [-0.1, -0.05) is 0 Å². The first-order valence-corrected chi connectivity index (χ1v) is 8.61. The molecule has 1 aromatic rings. The van der Waals surface area contributed by atoms with E-state index in [1.807, 2.05) is 21.7 Å².